The second-order valence-electron chi connectivity index (χ2n) is 4.88. The number of piperazine rings is 1. The Bertz CT molecular complexity index is 377. The fourth-order valence-corrected chi connectivity index (χ4v) is 2.27. The third-order valence-electron chi connectivity index (χ3n) is 3.48. The van der Waals surface area contributed by atoms with Crippen LogP contribution >= 0.6 is 0 Å². The second-order valence-corrected chi connectivity index (χ2v) is 4.88. The highest BCUT2D eigenvalue weighted by molar-refractivity contribution is 5.47. The van der Waals surface area contributed by atoms with E-state index >= 15 is 0 Å². The molecule has 19 heavy (non-hydrogen) atoms. The van der Waals surface area contributed by atoms with Crippen molar-refractivity contribution < 1.29 is 0 Å². The van der Waals surface area contributed by atoms with Crippen molar-refractivity contribution in [2.24, 2.45) is 0 Å². The van der Waals surface area contributed by atoms with E-state index in [-0.39, 0.29) is 0 Å². The minimum absolute atomic E-state index is 0.860. The van der Waals surface area contributed by atoms with Crippen molar-refractivity contribution in [3.8, 4) is 0 Å². The molecule has 0 unspecified atom stereocenters. The Labute approximate surface area is 115 Å². The van der Waals surface area contributed by atoms with Crippen LogP contribution < -0.4 is 15.5 Å². The summed E-state index contributed by atoms with van der Waals surface area (Å²) in [5, 5.41) is 6.41. The number of anilines is 2. The maximum Gasteiger partial charge on any atom is 0.133 e. The highest BCUT2D eigenvalue weighted by Crippen LogP contribution is 2.12. The van der Waals surface area contributed by atoms with Crippen LogP contribution in [0.2, 0.25) is 0 Å². The first-order valence-electron chi connectivity index (χ1n) is 6.93. The van der Waals surface area contributed by atoms with Crippen LogP contribution in [-0.4, -0.2) is 68.2 Å². The third kappa shape index (κ3) is 4.33. The van der Waals surface area contributed by atoms with Crippen molar-refractivity contribution in [1.29, 1.82) is 0 Å². The van der Waals surface area contributed by atoms with Crippen LogP contribution in [0, 0.1) is 0 Å². The summed E-state index contributed by atoms with van der Waals surface area (Å²) in [5.41, 5.74) is 0. The van der Waals surface area contributed by atoms with Gasteiger partial charge >= 0.3 is 0 Å². The topological polar surface area (TPSA) is 56.3 Å². The Morgan fingerprint density at radius 2 is 2.16 bits per heavy atom. The van der Waals surface area contributed by atoms with E-state index < -0.39 is 0 Å². The normalized spacial score (nSPS) is 16.3. The molecule has 0 amide bonds. The van der Waals surface area contributed by atoms with Gasteiger partial charge in [0.15, 0.2) is 0 Å². The zero-order valence-electron chi connectivity index (χ0n) is 11.9. The molecule has 1 fully saturated rings. The van der Waals surface area contributed by atoms with Crippen LogP contribution in [0.3, 0.4) is 0 Å². The van der Waals surface area contributed by atoms with Gasteiger partial charge in [-0.15, -0.1) is 0 Å². The molecule has 6 nitrogen and oxygen atoms in total. The van der Waals surface area contributed by atoms with E-state index in [1.165, 1.54) is 13.1 Å². The molecule has 1 aromatic heterocycles. The van der Waals surface area contributed by atoms with E-state index in [4.69, 9.17) is 0 Å². The van der Waals surface area contributed by atoms with Gasteiger partial charge in [0, 0.05) is 52.9 Å². The first-order valence-corrected chi connectivity index (χ1v) is 6.93. The number of hydrogen-bond donors (Lipinski definition) is 2. The van der Waals surface area contributed by atoms with E-state index in [0.717, 1.165) is 44.2 Å². The third-order valence-corrected chi connectivity index (χ3v) is 3.48. The van der Waals surface area contributed by atoms with Crippen LogP contribution in [0.15, 0.2) is 12.4 Å². The molecule has 0 bridgehead atoms. The van der Waals surface area contributed by atoms with Gasteiger partial charge in [0.25, 0.3) is 0 Å². The molecule has 1 aromatic rings. The van der Waals surface area contributed by atoms with E-state index in [1.54, 1.807) is 6.33 Å². The smallest absolute Gasteiger partial charge is 0.133 e. The van der Waals surface area contributed by atoms with E-state index in [2.05, 4.69) is 37.4 Å². The van der Waals surface area contributed by atoms with Gasteiger partial charge in [0.2, 0.25) is 0 Å². The summed E-state index contributed by atoms with van der Waals surface area (Å²) in [6.07, 6.45) is 2.77. The second kappa shape index (κ2) is 7.25. The summed E-state index contributed by atoms with van der Waals surface area (Å²) in [7, 11) is 3.95. The summed E-state index contributed by atoms with van der Waals surface area (Å²) in [5.74, 6) is 1.83. The molecule has 1 aliphatic rings. The Kier molecular flexibility index (Phi) is 5.35. The lowest BCUT2D eigenvalue weighted by Crippen LogP contribution is -2.44. The molecule has 2 rings (SSSR count). The first kappa shape index (κ1) is 14.0. The lowest BCUT2D eigenvalue weighted by molar-refractivity contribution is 0.239. The summed E-state index contributed by atoms with van der Waals surface area (Å²) in [6.45, 7) is 6.75. The van der Waals surface area contributed by atoms with Crippen LogP contribution in [-0.2, 0) is 0 Å². The van der Waals surface area contributed by atoms with Crippen molar-refractivity contribution >= 4 is 11.6 Å². The standard InChI is InChI=1S/C13H24N6/c1-14-12-10-13(17-11-16-12)18(2)6-3-7-19-8-4-15-5-9-19/h10-11,15H,3-9H2,1-2H3,(H,14,16,17). The van der Waals surface area contributed by atoms with E-state index in [0.29, 0.717) is 0 Å². The quantitative estimate of drug-likeness (QED) is 0.768. The molecule has 2 N–H and O–H groups in total. The molecule has 0 aliphatic carbocycles. The predicted molar refractivity (Wildman–Crippen MR) is 78.8 cm³/mol. The maximum atomic E-state index is 4.30. The Hall–Kier alpha value is -1.40. The Morgan fingerprint density at radius 3 is 2.89 bits per heavy atom. The highest BCUT2D eigenvalue weighted by atomic mass is 15.2. The van der Waals surface area contributed by atoms with Crippen molar-refractivity contribution in [3.63, 3.8) is 0 Å². The SMILES string of the molecule is CNc1cc(N(C)CCCN2CCNCC2)ncn1. The number of nitrogens with one attached hydrogen (secondary N) is 2. The van der Waals surface area contributed by atoms with Gasteiger partial charge in [-0.25, -0.2) is 9.97 Å². The summed E-state index contributed by atoms with van der Waals surface area (Å²) in [6, 6.07) is 1.98. The van der Waals surface area contributed by atoms with Gasteiger partial charge < -0.3 is 20.4 Å². The summed E-state index contributed by atoms with van der Waals surface area (Å²) >= 11 is 0. The van der Waals surface area contributed by atoms with Crippen molar-refractivity contribution in [2.75, 3.05) is 63.6 Å². The van der Waals surface area contributed by atoms with E-state index in [9.17, 15) is 0 Å². The number of nitrogens with zero attached hydrogens (tertiary/aromatic N) is 4. The number of aromatic nitrogens is 2. The van der Waals surface area contributed by atoms with Gasteiger partial charge in [-0.3, -0.25) is 0 Å². The summed E-state index contributed by atoms with van der Waals surface area (Å²) < 4.78 is 0. The molecule has 0 saturated carbocycles. The van der Waals surface area contributed by atoms with Crippen molar-refractivity contribution in [3.05, 3.63) is 12.4 Å². The van der Waals surface area contributed by atoms with Gasteiger partial charge in [-0.05, 0) is 13.0 Å². The molecule has 0 atom stereocenters. The summed E-state index contributed by atoms with van der Waals surface area (Å²) in [4.78, 5) is 13.1. The lowest BCUT2D eigenvalue weighted by atomic mass is 10.3. The molecule has 0 spiro atoms. The lowest BCUT2D eigenvalue weighted by Gasteiger charge is -2.28. The average molecular weight is 264 g/mol. The molecular weight excluding hydrogens is 240 g/mol. The van der Waals surface area contributed by atoms with Crippen molar-refractivity contribution in [2.45, 2.75) is 6.42 Å². The van der Waals surface area contributed by atoms with Crippen molar-refractivity contribution in [1.82, 2.24) is 20.2 Å². The zero-order chi connectivity index (χ0) is 13.5. The van der Waals surface area contributed by atoms with Gasteiger partial charge in [0.1, 0.15) is 18.0 Å². The fourth-order valence-electron chi connectivity index (χ4n) is 2.27. The largest absolute Gasteiger partial charge is 0.373 e. The molecule has 2 heterocycles. The molecule has 0 radical (unpaired) electrons. The van der Waals surface area contributed by atoms with Crippen LogP contribution in [0.25, 0.3) is 0 Å². The average Bonchev–Trinajstić information content (AvgIpc) is 2.48. The monoisotopic (exact) mass is 264 g/mol. The van der Waals surface area contributed by atoms with Gasteiger partial charge in [0.05, 0.1) is 0 Å². The van der Waals surface area contributed by atoms with Crippen LogP contribution in [0.4, 0.5) is 11.6 Å². The Balaban J connectivity index is 1.75. The molecule has 1 aliphatic heterocycles. The highest BCUT2D eigenvalue weighted by Gasteiger charge is 2.09. The molecule has 6 heteroatoms. The minimum Gasteiger partial charge on any atom is -0.373 e. The molecule has 106 valence electrons. The first-order chi connectivity index (χ1) is 9.29. The molecule has 0 aromatic carbocycles. The molecule has 1 saturated heterocycles. The molecular formula is C13H24N6. The van der Waals surface area contributed by atoms with E-state index in [1.807, 2.05) is 13.1 Å². The van der Waals surface area contributed by atoms with Gasteiger partial charge in [-0.1, -0.05) is 0 Å². The minimum atomic E-state index is 0.860. The Morgan fingerprint density at radius 1 is 1.37 bits per heavy atom. The zero-order valence-corrected chi connectivity index (χ0v) is 11.9. The van der Waals surface area contributed by atoms with Gasteiger partial charge in [-0.2, -0.15) is 0 Å². The van der Waals surface area contributed by atoms with Crippen LogP contribution in [0.5, 0.6) is 0 Å². The maximum absolute atomic E-state index is 4.30. The fraction of sp³-hybridized carbons (Fsp3) is 0.692. The van der Waals surface area contributed by atoms with Crippen LogP contribution in [0.1, 0.15) is 6.42 Å². The predicted octanol–water partition coefficient (Wildman–Crippen LogP) is 0.250. The number of hydrogen-bond acceptors (Lipinski definition) is 6. The number of rotatable bonds is 6.